The van der Waals surface area contributed by atoms with Crippen LogP contribution in [0, 0.1) is 0 Å². The predicted molar refractivity (Wildman–Crippen MR) is 84.0 cm³/mol. The normalized spacial score (nSPS) is 10.4. The quantitative estimate of drug-likeness (QED) is 0.806. The van der Waals surface area contributed by atoms with E-state index >= 15 is 0 Å². The van der Waals surface area contributed by atoms with Gasteiger partial charge in [0.05, 0.1) is 10.6 Å². The summed E-state index contributed by atoms with van der Waals surface area (Å²) in [5.74, 6) is 0.519. The highest BCUT2D eigenvalue weighted by molar-refractivity contribution is 6.33. The maximum atomic E-state index is 12.2. The van der Waals surface area contributed by atoms with Gasteiger partial charge in [-0.2, -0.15) is 0 Å². The summed E-state index contributed by atoms with van der Waals surface area (Å²) in [5.41, 5.74) is 1.35. The van der Waals surface area contributed by atoms with Gasteiger partial charge >= 0.3 is 0 Å². The Morgan fingerprint density at radius 3 is 2.82 bits per heavy atom. The molecule has 0 aliphatic rings. The van der Waals surface area contributed by atoms with E-state index in [4.69, 9.17) is 11.6 Å². The molecule has 1 amide bonds. The molecule has 0 spiro atoms. The van der Waals surface area contributed by atoms with Gasteiger partial charge in [0.2, 0.25) is 0 Å². The Morgan fingerprint density at radius 2 is 2.05 bits per heavy atom. The van der Waals surface area contributed by atoms with Crippen molar-refractivity contribution in [2.24, 2.45) is 0 Å². The van der Waals surface area contributed by atoms with Crippen LogP contribution in [0.1, 0.15) is 15.9 Å². The number of nitrogens with zero attached hydrogens (tertiary/aromatic N) is 3. The largest absolute Gasteiger partial charge is 0.348 e. The highest BCUT2D eigenvalue weighted by atomic mass is 35.5. The lowest BCUT2D eigenvalue weighted by atomic mass is 10.2. The summed E-state index contributed by atoms with van der Waals surface area (Å²) in [6.07, 6.45) is 6.86. The fraction of sp³-hybridized carbons (Fsp3) is 0.0625. The number of carbonyl (C=O) groups excluding carboxylic acids is 1. The molecule has 110 valence electrons. The number of nitrogens with one attached hydrogen (secondary N) is 1. The summed E-state index contributed by atoms with van der Waals surface area (Å²) in [6.45, 7) is 0.353. The van der Waals surface area contributed by atoms with Crippen molar-refractivity contribution < 1.29 is 4.79 Å². The van der Waals surface area contributed by atoms with Crippen molar-refractivity contribution in [1.82, 2.24) is 19.9 Å². The molecule has 0 saturated carbocycles. The van der Waals surface area contributed by atoms with E-state index in [0.29, 0.717) is 17.1 Å². The smallest absolute Gasteiger partial charge is 0.253 e. The average molecular weight is 313 g/mol. The zero-order valence-electron chi connectivity index (χ0n) is 11.6. The van der Waals surface area contributed by atoms with Crippen LogP contribution in [0.2, 0.25) is 5.02 Å². The average Bonchev–Trinajstić information content (AvgIpc) is 3.07. The first-order chi connectivity index (χ1) is 10.8. The number of aromatic nitrogens is 3. The Morgan fingerprint density at radius 1 is 1.18 bits per heavy atom. The second kappa shape index (κ2) is 6.41. The summed E-state index contributed by atoms with van der Waals surface area (Å²) in [6, 6.07) is 10.7. The number of pyridine rings is 1. The summed E-state index contributed by atoms with van der Waals surface area (Å²) in [5, 5.41) is 3.29. The molecule has 0 radical (unpaired) electrons. The Kier molecular flexibility index (Phi) is 4.16. The molecule has 2 heterocycles. The second-order valence-corrected chi connectivity index (χ2v) is 5.03. The second-order valence-electron chi connectivity index (χ2n) is 4.62. The first-order valence-electron chi connectivity index (χ1n) is 6.70. The van der Waals surface area contributed by atoms with Gasteiger partial charge in [-0.25, -0.2) is 9.97 Å². The van der Waals surface area contributed by atoms with E-state index in [1.807, 2.05) is 18.3 Å². The van der Waals surface area contributed by atoms with Crippen LogP contribution in [0.15, 0.2) is 61.3 Å². The van der Waals surface area contributed by atoms with Crippen molar-refractivity contribution in [3.8, 4) is 5.82 Å². The number of carbonyl (C=O) groups is 1. The Hall–Kier alpha value is -2.66. The standard InChI is InChI=1S/C16H13ClN4O/c17-14-6-2-1-5-13(14)16(22)20-10-12-4-3-7-19-15(12)21-9-8-18-11-21/h1-9,11H,10H2,(H,20,22). The SMILES string of the molecule is O=C(NCc1cccnc1-n1ccnc1)c1ccccc1Cl. The van der Waals surface area contributed by atoms with E-state index in [0.717, 1.165) is 11.4 Å². The van der Waals surface area contributed by atoms with Crippen LogP contribution in [0.25, 0.3) is 5.82 Å². The zero-order valence-corrected chi connectivity index (χ0v) is 12.4. The molecular weight excluding hydrogens is 300 g/mol. The minimum atomic E-state index is -0.217. The Balaban J connectivity index is 1.78. The van der Waals surface area contributed by atoms with Gasteiger partial charge in [0.1, 0.15) is 12.1 Å². The van der Waals surface area contributed by atoms with Gasteiger partial charge in [-0.1, -0.05) is 29.8 Å². The fourth-order valence-corrected chi connectivity index (χ4v) is 2.32. The number of rotatable bonds is 4. The van der Waals surface area contributed by atoms with E-state index < -0.39 is 0 Å². The first kappa shape index (κ1) is 14.3. The van der Waals surface area contributed by atoms with Crippen LogP contribution >= 0.6 is 11.6 Å². The third kappa shape index (κ3) is 2.99. The van der Waals surface area contributed by atoms with E-state index in [2.05, 4.69) is 15.3 Å². The van der Waals surface area contributed by atoms with Crippen LogP contribution in [-0.2, 0) is 6.54 Å². The van der Waals surface area contributed by atoms with Gasteiger partial charge in [0.15, 0.2) is 0 Å². The molecule has 3 aromatic rings. The molecule has 2 aromatic heterocycles. The number of hydrogen-bond donors (Lipinski definition) is 1. The molecule has 1 aromatic carbocycles. The third-order valence-electron chi connectivity index (χ3n) is 3.17. The number of benzene rings is 1. The molecule has 1 N–H and O–H groups in total. The van der Waals surface area contributed by atoms with Crippen molar-refractivity contribution in [3.05, 3.63) is 77.5 Å². The highest BCUT2D eigenvalue weighted by Gasteiger charge is 2.11. The maximum Gasteiger partial charge on any atom is 0.253 e. The molecule has 0 unspecified atom stereocenters. The first-order valence-corrected chi connectivity index (χ1v) is 7.08. The molecule has 0 atom stereocenters. The van der Waals surface area contributed by atoms with Crippen molar-refractivity contribution in [2.45, 2.75) is 6.54 Å². The molecule has 22 heavy (non-hydrogen) atoms. The monoisotopic (exact) mass is 312 g/mol. The van der Waals surface area contributed by atoms with Crippen LogP contribution in [0.5, 0.6) is 0 Å². The van der Waals surface area contributed by atoms with Gasteiger partial charge in [-0.3, -0.25) is 9.36 Å². The van der Waals surface area contributed by atoms with Gasteiger partial charge in [0, 0.05) is 30.7 Å². The number of hydrogen-bond acceptors (Lipinski definition) is 3. The van der Waals surface area contributed by atoms with E-state index in [1.54, 1.807) is 47.6 Å². The maximum absolute atomic E-state index is 12.2. The lowest BCUT2D eigenvalue weighted by Gasteiger charge is -2.10. The minimum absolute atomic E-state index is 0.217. The molecule has 0 saturated heterocycles. The summed E-state index contributed by atoms with van der Waals surface area (Å²) < 4.78 is 1.80. The third-order valence-corrected chi connectivity index (χ3v) is 3.50. The lowest BCUT2D eigenvalue weighted by Crippen LogP contribution is -2.24. The number of halogens is 1. The van der Waals surface area contributed by atoms with E-state index in [9.17, 15) is 4.79 Å². The fourth-order valence-electron chi connectivity index (χ4n) is 2.10. The zero-order chi connectivity index (χ0) is 15.4. The Bertz CT molecular complexity index is 786. The minimum Gasteiger partial charge on any atom is -0.348 e. The van der Waals surface area contributed by atoms with Crippen LogP contribution in [0.3, 0.4) is 0 Å². The number of imidazole rings is 1. The van der Waals surface area contributed by atoms with Crippen molar-refractivity contribution in [1.29, 1.82) is 0 Å². The van der Waals surface area contributed by atoms with Crippen LogP contribution < -0.4 is 5.32 Å². The summed E-state index contributed by atoms with van der Waals surface area (Å²) >= 11 is 6.03. The molecule has 0 aliphatic heterocycles. The van der Waals surface area contributed by atoms with Gasteiger partial charge in [0.25, 0.3) is 5.91 Å². The summed E-state index contributed by atoms with van der Waals surface area (Å²) in [7, 11) is 0. The molecule has 0 aliphatic carbocycles. The van der Waals surface area contributed by atoms with Crippen molar-refractivity contribution in [2.75, 3.05) is 0 Å². The molecular formula is C16H13ClN4O. The van der Waals surface area contributed by atoms with Crippen molar-refractivity contribution >= 4 is 17.5 Å². The predicted octanol–water partition coefficient (Wildman–Crippen LogP) is 2.85. The van der Waals surface area contributed by atoms with Crippen molar-refractivity contribution in [3.63, 3.8) is 0 Å². The number of amides is 1. The van der Waals surface area contributed by atoms with Gasteiger partial charge in [-0.15, -0.1) is 0 Å². The van der Waals surface area contributed by atoms with E-state index in [-0.39, 0.29) is 5.91 Å². The molecule has 0 fully saturated rings. The van der Waals surface area contributed by atoms with Gasteiger partial charge in [-0.05, 0) is 18.2 Å². The molecule has 0 bridgehead atoms. The molecule has 5 nitrogen and oxygen atoms in total. The molecule has 6 heteroatoms. The Labute approximate surface area is 132 Å². The molecule has 3 rings (SSSR count). The van der Waals surface area contributed by atoms with Crippen LogP contribution in [0.4, 0.5) is 0 Å². The highest BCUT2D eigenvalue weighted by Crippen LogP contribution is 2.15. The summed E-state index contributed by atoms with van der Waals surface area (Å²) in [4.78, 5) is 20.5. The van der Waals surface area contributed by atoms with E-state index in [1.165, 1.54) is 0 Å². The van der Waals surface area contributed by atoms with Crippen LogP contribution in [-0.4, -0.2) is 20.4 Å². The van der Waals surface area contributed by atoms with Gasteiger partial charge < -0.3 is 5.32 Å². The topological polar surface area (TPSA) is 59.8 Å². The lowest BCUT2D eigenvalue weighted by molar-refractivity contribution is 0.0951.